The largest absolute Gasteiger partial charge is 0.334 e. The smallest absolute Gasteiger partial charge is 0.255 e. The fourth-order valence-corrected chi connectivity index (χ4v) is 3.60. The van der Waals surface area contributed by atoms with Gasteiger partial charge in [0.1, 0.15) is 0 Å². The molecule has 1 fully saturated rings. The molecule has 2 rings (SSSR count). The molecule has 5 heteroatoms. The minimum Gasteiger partial charge on any atom is -0.334 e. The Labute approximate surface area is 132 Å². The third-order valence-electron chi connectivity index (χ3n) is 3.48. The second-order valence-corrected chi connectivity index (χ2v) is 6.38. The molecule has 1 saturated heterocycles. The lowest BCUT2D eigenvalue weighted by atomic mass is 10.1. The van der Waals surface area contributed by atoms with E-state index in [0.717, 1.165) is 30.3 Å². The molecule has 19 heavy (non-hydrogen) atoms. The highest BCUT2D eigenvalue weighted by atomic mass is 79.9. The molecule has 0 bridgehead atoms. The van der Waals surface area contributed by atoms with Crippen LogP contribution in [0.25, 0.3) is 0 Å². The van der Waals surface area contributed by atoms with Gasteiger partial charge in [0.15, 0.2) is 0 Å². The number of carbonyl (C=O) groups is 1. The van der Waals surface area contributed by atoms with Crippen molar-refractivity contribution in [3.63, 3.8) is 0 Å². The maximum atomic E-state index is 12.6. The standard InChI is InChI=1S/C14H16BrCl2NO/c15-13-8-10(17)5-6-12(13)14(19)18-7-3-1-2-4-11(18)9-16/h5-6,8,11H,1-4,7,9H2. The van der Waals surface area contributed by atoms with E-state index < -0.39 is 0 Å². The lowest BCUT2D eigenvalue weighted by molar-refractivity contribution is 0.0699. The third-order valence-corrected chi connectivity index (χ3v) is 4.73. The summed E-state index contributed by atoms with van der Waals surface area (Å²) in [6, 6.07) is 5.40. The Morgan fingerprint density at radius 1 is 1.37 bits per heavy atom. The van der Waals surface area contributed by atoms with Crippen LogP contribution in [-0.4, -0.2) is 29.3 Å². The van der Waals surface area contributed by atoms with Gasteiger partial charge in [-0.25, -0.2) is 0 Å². The number of nitrogens with zero attached hydrogens (tertiary/aromatic N) is 1. The van der Waals surface area contributed by atoms with Crippen molar-refractivity contribution in [3.05, 3.63) is 33.3 Å². The van der Waals surface area contributed by atoms with Gasteiger partial charge in [-0.3, -0.25) is 4.79 Å². The van der Waals surface area contributed by atoms with Gasteiger partial charge in [0, 0.05) is 28.0 Å². The molecule has 0 N–H and O–H groups in total. The molecule has 1 amide bonds. The number of likely N-dealkylation sites (tertiary alicyclic amines) is 1. The molecular formula is C14H16BrCl2NO. The topological polar surface area (TPSA) is 20.3 Å². The van der Waals surface area contributed by atoms with Crippen LogP contribution in [0.5, 0.6) is 0 Å². The summed E-state index contributed by atoms with van der Waals surface area (Å²) in [6.45, 7) is 0.783. The molecular weight excluding hydrogens is 349 g/mol. The minimum absolute atomic E-state index is 0.0380. The van der Waals surface area contributed by atoms with E-state index in [1.54, 1.807) is 18.2 Å². The highest BCUT2D eigenvalue weighted by molar-refractivity contribution is 9.10. The van der Waals surface area contributed by atoms with Gasteiger partial charge in [-0.15, -0.1) is 11.6 Å². The van der Waals surface area contributed by atoms with Crippen LogP contribution in [0.2, 0.25) is 5.02 Å². The van der Waals surface area contributed by atoms with Crippen LogP contribution in [0.3, 0.4) is 0 Å². The Hall–Kier alpha value is -0.250. The number of alkyl halides is 1. The van der Waals surface area contributed by atoms with Crippen molar-refractivity contribution >= 4 is 45.0 Å². The molecule has 0 saturated carbocycles. The highest BCUT2D eigenvalue weighted by Crippen LogP contribution is 2.26. The Morgan fingerprint density at radius 2 is 2.16 bits per heavy atom. The zero-order valence-corrected chi connectivity index (χ0v) is 13.6. The number of halogens is 3. The van der Waals surface area contributed by atoms with Crippen molar-refractivity contribution in [1.82, 2.24) is 4.90 Å². The number of hydrogen-bond acceptors (Lipinski definition) is 1. The van der Waals surface area contributed by atoms with Crippen molar-refractivity contribution in [2.45, 2.75) is 31.7 Å². The summed E-state index contributed by atoms with van der Waals surface area (Å²) in [5.41, 5.74) is 0.654. The molecule has 104 valence electrons. The van der Waals surface area contributed by atoms with Crippen LogP contribution in [0.1, 0.15) is 36.0 Å². The van der Waals surface area contributed by atoms with Gasteiger partial charge < -0.3 is 4.90 Å². The first-order valence-electron chi connectivity index (χ1n) is 6.45. The molecule has 2 nitrogen and oxygen atoms in total. The fraction of sp³-hybridized carbons (Fsp3) is 0.500. The molecule has 1 aromatic rings. The maximum Gasteiger partial charge on any atom is 0.255 e. The second kappa shape index (κ2) is 6.96. The Kier molecular flexibility index (Phi) is 5.55. The van der Waals surface area contributed by atoms with Crippen LogP contribution in [0, 0.1) is 0 Å². The minimum atomic E-state index is 0.0380. The average Bonchev–Trinajstić information content (AvgIpc) is 2.63. The molecule has 0 aliphatic carbocycles. The first-order valence-corrected chi connectivity index (χ1v) is 8.16. The van der Waals surface area contributed by atoms with E-state index in [2.05, 4.69) is 15.9 Å². The predicted octanol–water partition coefficient (Wildman–Crippen LogP) is 4.73. The van der Waals surface area contributed by atoms with Crippen molar-refractivity contribution in [2.75, 3.05) is 12.4 Å². The van der Waals surface area contributed by atoms with E-state index in [4.69, 9.17) is 23.2 Å². The van der Waals surface area contributed by atoms with Gasteiger partial charge in [-0.1, -0.05) is 24.4 Å². The van der Waals surface area contributed by atoms with E-state index >= 15 is 0 Å². The summed E-state index contributed by atoms with van der Waals surface area (Å²) >= 11 is 15.3. The number of hydrogen-bond donors (Lipinski definition) is 0. The van der Waals surface area contributed by atoms with Crippen LogP contribution in [0.15, 0.2) is 22.7 Å². The molecule has 1 atom stereocenters. The summed E-state index contributed by atoms with van der Waals surface area (Å²) in [5.74, 6) is 0.535. The molecule has 1 unspecified atom stereocenters. The van der Waals surface area contributed by atoms with Crippen molar-refractivity contribution in [1.29, 1.82) is 0 Å². The average molecular weight is 365 g/mol. The molecule has 0 radical (unpaired) electrons. The number of amides is 1. The zero-order valence-electron chi connectivity index (χ0n) is 10.5. The quantitative estimate of drug-likeness (QED) is 0.695. The summed E-state index contributed by atoms with van der Waals surface area (Å²) < 4.78 is 0.738. The first-order chi connectivity index (χ1) is 9.13. The van der Waals surface area contributed by atoms with Gasteiger partial charge in [-0.2, -0.15) is 0 Å². The van der Waals surface area contributed by atoms with E-state index in [1.807, 2.05) is 4.90 Å². The van der Waals surface area contributed by atoms with Crippen molar-refractivity contribution in [3.8, 4) is 0 Å². The van der Waals surface area contributed by atoms with Crippen LogP contribution in [0.4, 0.5) is 0 Å². The maximum absolute atomic E-state index is 12.6. The number of benzene rings is 1. The van der Waals surface area contributed by atoms with Gasteiger partial charge in [0.2, 0.25) is 0 Å². The predicted molar refractivity (Wildman–Crippen MR) is 83.2 cm³/mol. The summed E-state index contributed by atoms with van der Waals surface area (Å²) in [7, 11) is 0. The Morgan fingerprint density at radius 3 is 2.84 bits per heavy atom. The zero-order chi connectivity index (χ0) is 13.8. The normalized spacial score (nSPS) is 20.2. The Balaban J connectivity index is 2.25. The lowest BCUT2D eigenvalue weighted by Gasteiger charge is -2.29. The van der Waals surface area contributed by atoms with E-state index in [1.165, 1.54) is 6.42 Å². The molecule has 1 heterocycles. The van der Waals surface area contributed by atoms with Crippen LogP contribution in [-0.2, 0) is 0 Å². The molecule has 0 aromatic heterocycles. The van der Waals surface area contributed by atoms with E-state index in [-0.39, 0.29) is 11.9 Å². The molecule has 1 aliphatic heterocycles. The summed E-state index contributed by atoms with van der Waals surface area (Å²) in [5, 5.41) is 0.619. The monoisotopic (exact) mass is 363 g/mol. The van der Waals surface area contributed by atoms with E-state index in [9.17, 15) is 4.79 Å². The lowest BCUT2D eigenvalue weighted by Crippen LogP contribution is -2.41. The molecule has 0 spiro atoms. The summed E-state index contributed by atoms with van der Waals surface area (Å²) in [6.07, 6.45) is 4.34. The van der Waals surface area contributed by atoms with Crippen LogP contribution < -0.4 is 0 Å². The number of rotatable bonds is 2. The van der Waals surface area contributed by atoms with Crippen LogP contribution >= 0.6 is 39.1 Å². The third kappa shape index (κ3) is 3.65. The van der Waals surface area contributed by atoms with Crippen molar-refractivity contribution < 1.29 is 4.79 Å². The van der Waals surface area contributed by atoms with Gasteiger partial charge in [0.05, 0.1) is 5.56 Å². The SMILES string of the molecule is O=C(c1ccc(Cl)cc1Br)N1CCCCCC1CCl. The highest BCUT2D eigenvalue weighted by Gasteiger charge is 2.26. The first kappa shape index (κ1) is 15.1. The molecule has 1 aliphatic rings. The van der Waals surface area contributed by atoms with Crippen molar-refractivity contribution in [2.24, 2.45) is 0 Å². The molecule has 1 aromatic carbocycles. The second-order valence-electron chi connectivity index (χ2n) is 4.78. The van der Waals surface area contributed by atoms with E-state index in [0.29, 0.717) is 16.5 Å². The van der Waals surface area contributed by atoms with Gasteiger partial charge in [-0.05, 0) is 47.0 Å². The number of carbonyl (C=O) groups excluding carboxylic acids is 1. The fourth-order valence-electron chi connectivity index (χ4n) is 2.42. The Bertz CT molecular complexity index is 467. The van der Waals surface area contributed by atoms with Gasteiger partial charge >= 0.3 is 0 Å². The van der Waals surface area contributed by atoms with Gasteiger partial charge in [0.25, 0.3) is 5.91 Å². The summed E-state index contributed by atoms with van der Waals surface area (Å²) in [4.78, 5) is 14.6.